The van der Waals surface area contributed by atoms with Crippen LogP contribution in [-0.4, -0.2) is 27.8 Å². The van der Waals surface area contributed by atoms with Crippen molar-refractivity contribution in [2.45, 2.75) is 23.9 Å². The molecule has 5 nitrogen and oxygen atoms in total. The Bertz CT molecular complexity index is 909. The summed E-state index contributed by atoms with van der Waals surface area (Å²) in [7, 11) is 3.60. The molecule has 0 bridgehead atoms. The third kappa shape index (κ3) is 4.52. The van der Waals surface area contributed by atoms with Crippen LogP contribution in [0.2, 0.25) is 0 Å². The van der Waals surface area contributed by atoms with Crippen molar-refractivity contribution in [1.82, 2.24) is 14.9 Å². The van der Waals surface area contributed by atoms with E-state index in [4.69, 9.17) is 4.74 Å². The van der Waals surface area contributed by atoms with Crippen LogP contribution in [0.15, 0.2) is 66.0 Å². The molecule has 6 heteroatoms. The maximum atomic E-state index is 12.5. The molecule has 140 valence electrons. The Labute approximate surface area is 163 Å². The lowest BCUT2D eigenvalue weighted by Gasteiger charge is -2.13. The van der Waals surface area contributed by atoms with Gasteiger partial charge in [0.1, 0.15) is 5.75 Å². The molecule has 3 rings (SSSR count). The molecule has 1 heterocycles. The third-order valence-electron chi connectivity index (χ3n) is 4.31. The molecule has 0 spiro atoms. The fourth-order valence-corrected chi connectivity index (χ4v) is 3.64. The Kier molecular flexibility index (Phi) is 6.19. The lowest BCUT2D eigenvalue weighted by molar-refractivity contribution is -0.120. The first-order valence-corrected chi connectivity index (χ1v) is 9.61. The Morgan fingerprint density at radius 2 is 1.89 bits per heavy atom. The first-order valence-electron chi connectivity index (χ1n) is 8.73. The van der Waals surface area contributed by atoms with Crippen molar-refractivity contribution in [2.24, 2.45) is 7.05 Å². The van der Waals surface area contributed by atoms with Gasteiger partial charge in [0.2, 0.25) is 5.91 Å². The highest BCUT2D eigenvalue weighted by Crippen LogP contribution is 2.27. The molecule has 3 aromatic rings. The number of amides is 1. The van der Waals surface area contributed by atoms with Gasteiger partial charge in [0.05, 0.1) is 24.3 Å². The van der Waals surface area contributed by atoms with E-state index < -0.39 is 0 Å². The van der Waals surface area contributed by atoms with Crippen molar-refractivity contribution in [1.29, 1.82) is 0 Å². The molecule has 1 amide bonds. The van der Waals surface area contributed by atoms with Gasteiger partial charge in [0, 0.05) is 19.2 Å². The molecule has 1 N–H and O–H groups in total. The maximum Gasteiger partial charge on any atom is 0.233 e. The summed E-state index contributed by atoms with van der Waals surface area (Å²) in [6.45, 7) is 2.32. The smallest absolute Gasteiger partial charge is 0.233 e. The standard InChI is InChI=1S/C21H23N3O2S/c1-15(20(25)22-13-17-11-7-8-12-19(17)26-3)27-21-23-14-18(24(21)2)16-9-5-4-6-10-16/h4-12,14-15H,13H2,1-3H3,(H,22,25). The third-order valence-corrected chi connectivity index (χ3v) is 5.47. The van der Waals surface area contributed by atoms with E-state index in [0.29, 0.717) is 6.54 Å². The zero-order chi connectivity index (χ0) is 19.2. The number of imidazole rings is 1. The largest absolute Gasteiger partial charge is 0.496 e. The Balaban J connectivity index is 1.63. The van der Waals surface area contributed by atoms with Crippen LogP contribution in [0.5, 0.6) is 5.75 Å². The zero-order valence-corrected chi connectivity index (χ0v) is 16.5. The second-order valence-corrected chi connectivity index (χ2v) is 7.45. The van der Waals surface area contributed by atoms with Crippen molar-refractivity contribution in [3.63, 3.8) is 0 Å². The average molecular weight is 382 g/mol. The summed E-state index contributed by atoms with van der Waals surface area (Å²) in [6.07, 6.45) is 1.84. The number of carbonyl (C=O) groups is 1. The van der Waals surface area contributed by atoms with Crippen LogP contribution in [-0.2, 0) is 18.4 Å². The van der Waals surface area contributed by atoms with Gasteiger partial charge in [-0.3, -0.25) is 4.79 Å². The van der Waals surface area contributed by atoms with Crippen LogP contribution in [0.3, 0.4) is 0 Å². The number of aromatic nitrogens is 2. The highest BCUT2D eigenvalue weighted by Gasteiger charge is 2.18. The van der Waals surface area contributed by atoms with Gasteiger partial charge in [-0.1, -0.05) is 60.3 Å². The van der Waals surface area contributed by atoms with Gasteiger partial charge >= 0.3 is 0 Å². The van der Waals surface area contributed by atoms with Crippen molar-refractivity contribution in [2.75, 3.05) is 7.11 Å². The number of methoxy groups -OCH3 is 1. The fourth-order valence-electron chi connectivity index (χ4n) is 2.77. The summed E-state index contributed by atoms with van der Waals surface area (Å²) in [5, 5.41) is 3.53. The number of nitrogens with zero attached hydrogens (tertiary/aromatic N) is 2. The summed E-state index contributed by atoms with van der Waals surface area (Å²) >= 11 is 1.45. The van der Waals surface area contributed by atoms with Crippen molar-refractivity contribution in [3.8, 4) is 17.0 Å². The van der Waals surface area contributed by atoms with Gasteiger partial charge in [0.15, 0.2) is 5.16 Å². The van der Waals surface area contributed by atoms with E-state index >= 15 is 0 Å². The lowest BCUT2D eigenvalue weighted by atomic mass is 10.2. The summed E-state index contributed by atoms with van der Waals surface area (Å²) in [6, 6.07) is 17.8. The molecule has 0 aliphatic heterocycles. The first kappa shape index (κ1) is 19.0. The minimum Gasteiger partial charge on any atom is -0.496 e. The van der Waals surface area contributed by atoms with Crippen LogP contribution >= 0.6 is 11.8 Å². The van der Waals surface area contributed by atoms with E-state index in [1.165, 1.54) is 11.8 Å². The van der Waals surface area contributed by atoms with Gasteiger partial charge in [-0.15, -0.1) is 0 Å². The van der Waals surface area contributed by atoms with Crippen molar-refractivity contribution >= 4 is 17.7 Å². The summed E-state index contributed by atoms with van der Waals surface area (Å²) < 4.78 is 7.34. The minimum absolute atomic E-state index is 0.0323. The van der Waals surface area contributed by atoms with Crippen LogP contribution in [0.1, 0.15) is 12.5 Å². The normalized spacial score (nSPS) is 11.8. The van der Waals surface area contributed by atoms with Crippen LogP contribution < -0.4 is 10.1 Å². The minimum atomic E-state index is -0.260. The van der Waals surface area contributed by atoms with E-state index in [1.807, 2.05) is 67.2 Å². The Hall–Kier alpha value is -2.73. The number of nitrogens with one attached hydrogen (secondary N) is 1. The number of para-hydroxylation sites is 1. The van der Waals surface area contributed by atoms with Gasteiger partial charge in [-0.2, -0.15) is 0 Å². The number of ether oxygens (including phenoxy) is 1. The van der Waals surface area contributed by atoms with Crippen molar-refractivity contribution < 1.29 is 9.53 Å². The Morgan fingerprint density at radius 3 is 2.63 bits per heavy atom. The second-order valence-electron chi connectivity index (χ2n) is 6.14. The molecular formula is C21H23N3O2S. The van der Waals surface area contributed by atoms with Crippen LogP contribution in [0, 0.1) is 0 Å². The quantitative estimate of drug-likeness (QED) is 0.631. The molecule has 0 aliphatic rings. The molecule has 0 saturated carbocycles. The Morgan fingerprint density at radius 1 is 1.19 bits per heavy atom. The predicted molar refractivity (Wildman–Crippen MR) is 109 cm³/mol. The van der Waals surface area contributed by atoms with E-state index in [-0.39, 0.29) is 11.2 Å². The number of thioether (sulfide) groups is 1. The van der Waals surface area contributed by atoms with E-state index in [0.717, 1.165) is 27.7 Å². The van der Waals surface area contributed by atoms with E-state index in [9.17, 15) is 4.79 Å². The fraction of sp³-hybridized carbons (Fsp3) is 0.238. The SMILES string of the molecule is COc1ccccc1CNC(=O)C(C)Sc1ncc(-c2ccccc2)n1C. The number of benzene rings is 2. The van der Waals surface area contributed by atoms with Crippen LogP contribution in [0.4, 0.5) is 0 Å². The molecule has 2 aromatic carbocycles. The molecule has 0 fully saturated rings. The molecule has 27 heavy (non-hydrogen) atoms. The summed E-state index contributed by atoms with van der Waals surface area (Å²) in [4.78, 5) is 17.0. The van der Waals surface area contributed by atoms with Gasteiger partial charge in [-0.05, 0) is 18.6 Å². The highest BCUT2D eigenvalue weighted by atomic mass is 32.2. The number of carbonyl (C=O) groups excluding carboxylic acids is 1. The zero-order valence-electron chi connectivity index (χ0n) is 15.7. The molecule has 0 aliphatic carbocycles. The lowest BCUT2D eigenvalue weighted by Crippen LogP contribution is -2.30. The van der Waals surface area contributed by atoms with E-state index in [1.54, 1.807) is 7.11 Å². The molecular weight excluding hydrogens is 358 g/mol. The maximum absolute atomic E-state index is 12.5. The van der Waals surface area contributed by atoms with Crippen molar-refractivity contribution in [3.05, 3.63) is 66.4 Å². The number of rotatable bonds is 7. The van der Waals surface area contributed by atoms with Crippen LogP contribution in [0.25, 0.3) is 11.3 Å². The topological polar surface area (TPSA) is 56.1 Å². The monoisotopic (exact) mass is 381 g/mol. The second kappa shape index (κ2) is 8.77. The first-order chi connectivity index (χ1) is 13.1. The summed E-state index contributed by atoms with van der Waals surface area (Å²) in [5.74, 6) is 0.741. The summed E-state index contributed by atoms with van der Waals surface area (Å²) in [5.41, 5.74) is 3.08. The number of hydrogen-bond donors (Lipinski definition) is 1. The number of hydrogen-bond acceptors (Lipinski definition) is 4. The molecule has 0 radical (unpaired) electrons. The molecule has 1 unspecified atom stereocenters. The highest BCUT2D eigenvalue weighted by molar-refractivity contribution is 8.00. The molecule has 1 aromatic heterocycles. The molecule has 1 atom stereocenters. The van der Waals surface area contributed by atoms with E-state index in [2.05, 4.69) is 22.4 Å². The van der Waals surface area contributed by atoms with Gasteiger partial charge in [-0.25, -0.2) is 4.98 Å². The predicted octanol–water partition coefficient (Wildman–Crippen LogP) is 3.89. The van der Waals surface area contributed by atoms with Gasteiger partial charge in [0.25, 0.3) is 0 Å². The van der Waals surface area contributed by atoms with Gasteiger partial charge < -0.3 is 14.6 Å². The molecule has 0 saturated heterocycles. The average Bonchev–Trinajstić information content (AvgIpc) is 3.07.